The molecule has 3 nitrogen and oxygen atoms in total. The zero-order valence-corrected chi connectivity index (χ0v) is 7.46. The minimum absolute atomic E-state index is 0.365. The normalized spacial score (nSPS) is 24.3. The van der Waals surface area contributed by atoms with Crippen LogP contribution in [0.2, 0.25) is 6.04 Å². The maximum absolute atomic E-state index is 10.1. The molecule has 4 heteroatoms. The van der Waals surface area contributed by atoms with Crippen LogP contribution >= 0.6 is 0 Å². The lowest BCUT2D eigenvalue weighted by molar-refractivity contribution is 0.116. The number of ether oxygens (including phenoxy) is 2. The summed E-state index contributed by atoms with van der Waals surface area (Å²) >= 11 is 0. The fourth-order valence-electron chi connectivity index (χ4n) is 0.685. The summed E-state index contributed by atoms with van der Waals surface area (Å²) in [6.07, 6.45) is 1.31. The highest BCUT2D eigenvalue weighted by Crippen LogP contribution is 2.08. The molecule has 0 amide bonds. The van der Waals surface area contributed by atoms with Crippen LogP contribution in [-0.4, -0.2) is 35.7 Å². The number of hydrogen-bond acceptors (Lipinski definition) is 2. The molecule has 1 heterocycles. The van der Waals surface area contributed by atoms with Gasteiger partial charge in [0.05, 0.1) is 13.2 Å². The first-order valence-corrected chi connectivity index (χ1v) is 5.28. The van der Waals surface area contributed by atoms with Crippen molar-refractivity contribution in [3.8, 4) is 0 Å². The van der Waals surface area contributed by atoms with Crippen LogP contribution in [0, 0.1) is 0 Å². The second-order valence-corrected chi connectivity index (χ2v) is 3.56. The van der Waals surface area contributed by atoms with Gasteiger partial charge in [-0.05, 0) is 12.5 Å². The Bertz CT molecular complexity index is 85.1. The molecule has 1 atom stereocenters. The van der Waals surface area contributed by atoms with Crippen molar-refractivity contribution in [2.45, 2.75) is 18.6 Å². The summed E-state index contributed by atoms with van der Waals surface area (Å²) in [4.78, 5) is 10.1. The smallest absolute Gasteiger partial charge is 0.207 e. The van der Waals surface area contributed by atoms with Crippen molar-refractivity contribution in [3.05, 3.63) is 0 Å². The Morgan fingerprint density at radius 3 is 3.10 bits per heavy atom. The van der Waals surface area contributed by atoms with E-state index in [0.29, 0.717) is 6.10 Å². The van der Waals surface area contributed by atoms with Gasteiger partial charge in [-0.25, -0.2) is 0 Å². The van der Waals surface area contributed by atoms with E-state index < -0.39 is 9.76 Å². The van der Waals surface area contributed by atoms with Gasteiger partial charge in [0.25, 0.3) is 0 Å². The summed E-state index contributed by atoms with van der Waals surface area (Å²) in [6.45, 7) is 2.33. The van der Waals surface area contributed by atoms with Gasteiger partial charge in [0.2, 0.25) is 9.76 Å². The highest BCUT2D eigenvalue weighted by atomic mass is 28.2. The van der Waals surface area contributed by atoms with Crippen molar-refractivity contribution in [2.24, 2.45) is 0 Å². The predicted molar refractivity (Wildman–Crippen MR) is 39.2 cm³/mol. The minimum atomic E-state index is -0.979. The molecule has 1 unspecified atom stereocenters. The molecular formula is C6H13O3Si. The zero-order chi connectivity index (χ0) is 7.23. The molecule has 0 aromatic rings. The van der Waals surface area contributed by atoms with E-state index in [4.69, 9.17) is 9.47 Å². The van der Waals surface area contributed by atoms with Gasteiger partial charge in [-0.2, -0.15) is 0 Å². The molecule has 1 aliphatic heterocycles. The molecule has 1 rings (SSSR count). The standard InChI is InChI=1S/C6H13O3Si/c7-10-3-1-2-8-4-6-5-9-6/h6H,1-5,10H2. The summed E-state index contributed by atoms with van der Waals surface area (Å²) in [6, 6.07) is 0.867. The highest BCUT2D eigenvalue weighted by Gasteiger charge is 2.21. The average Bonchev–Trinajstić information content (AvgIpc) is 2.71. The van der Waals surface area contributed by atoms with E-state index in [1.807, 2.05) is 0 Å². The first-order valence-electron chi connectivity index (χ1n) is 3.71. The quantitative estimate of drug-likeness (QED) is 0.305. The molecule has 10 heavy (non-hydrogen) atoms. The van der Waals surface area contributed by atoms with E-state index >= 15 is 0 Å². The van der Waals surface area contributed by atoms with E-state index in [9.17, 15) is 4.80 Å². The molecule has 0 aliphatic carbocycles. The molecule has 1 radical (unpaired) electrons. The molecular weight excluding hydrogens is 148 g/mol. The van der Waals surface area contributed by atoms with Gasteiger partial charge in [-0.15, -0.1) is 0 Å². The third-order valence-electron chi connectivity index (χ3n) is 1.39. The summed E-state index contributed by atoms with van der Waals surface area (Å²) in [7, 11) is -0.979. The molecule has 0 saturated carbocycles. The van der Waals surface area contributed by atoms with Crippen LogP contribution < -0.4 is 0 Å². The van der Waals surface area contributed by atoms with Crippen LogP contribution in [0.4, 0.5) is 0 Å². The van der Waals surface area contributed by atoms with Crippen molar-refractivity contribution < 1.29 is 14.3 Å². The van der Waals surface area contributed by atoms with Gasteiger partial charge in [0, 0.05) is 6.61 Å². The number of hydrogen-bond donors (Lipinski definition) is 0. The first-order chi connectivity index (χ1) is 4.93. The van der Waals surface area contributed by atoms with Crippen LogP contribution in [0.25, 0.3) is 0 Å². The number of rotatable bonds is 6. The highest BCUT2D eigenvalue weighted by molar-refractivity contribution is 6.24. The van der Waals surface area contributed by atoms with Crippen LogP contribution in [0.5, 0.6) is 0 Å². The monoisotopic (exact) mass is 161 g/mol. The van der Waals surface area contributed by atoms with E-state index in [1.54, 1.807) is 0 Å². The van der Waals surface area contributed by atoms with E-state index in [-0.39, 0.29) is 0 Å². The Labute approximate surface area is 63.3 Å². The lowest BCUT2D eigenvalue weighted by atomic mass is 10.5. The van der Waals surface area contributed by atoms with Crippen molar-refractivity contribution in [2.75, 3.05) is 19.8 Å². The third-order valence-corrected chi connectivity index (χ3v) is 2.18. The van der Waals surface area contributed by atoms with E-state index in [2.05, 4.69) is 0 Å². The summed E-state index contributed by atoms with van der Waals surface area (Å²) < 4.78 is 10.2. The molecule has 59 valence electrons. The van der Waals surface area contributed by atoms with Gasteiger partial charge < -0.3 is 14.3 Å². The van der Waals surface area contributed by atoms with Crippen molar-refractivity contribution >= 4 is 9.76 Å². The Hall–Kier alpha value is 0.0969. The van der Waals surface area contributed by atoms with Crippen LogP contribution in [-0.2, 0) is 14.3 Å². The van der Waals surface area contributed by atoms with Crippen LogP contribution in [0.3, 0.4) is 0 Å². The second kappa shape index (κ2) is 4.84. The van der Waals surface area contributed by atoms with Crippen molar-refractivity contribution in [1.29, 1.82) is 0 Å². The van der Waals surface area contributed by atoms with E-state index in [0.717, 1.165) is 32.3 Å². The Morgan fingerprint density at radius 2 is 2.50 bits per heavy atom. The molecule has 0 N–H and O–H groups in total. The SMILES string of the molecule is [O][SiH2]CCCOCC1CO1. The van der Waals surface area contributed by atoms with Crippen molar-refractivity contribution in [3.63, 3.8) is 0 Å². The van der Waals surface area contributed by atoms with Crippen molar-refractivity contribution in [1.82, 2.24) is 0 Å². The summed E-state index contributed by atoms with van der Waals surface area (Å²) in [5.74, 6) is 0. The molecule has 0 aromatic carbocycles. The molecule has 1 aliphatic rings. The van der Waals surface area contributed by atoms with Crippen LogP contribution in [0.1, 0.15) is 6.42 Å². The third kappa shape index (κ3) is 4.00. The molecule has 0 spiro atoms. The summed E-state index contributed by atoms with van der Waals surface area (Å²) in [5.41, 5.74) is 0. The maximum Gasteiger partial charge on any atom is 0.207 e. The average molecular weight is 161 g/mol. The van der Waals surface area contributed by atoms with Gasteiger partial charge in [-0.1, -0.05) is 0 Å². The van der Waals surface area contributed by atoms with Gasteiger partial charge in [0.1, 0.15) is 6.10 Å². The predicted octanol–water partition coefficient (Wildman–Crippen LogP) is -0.276. The Balaban J connectivity index is 1.68. The molecule has 1 saturated heterocycles. The lowest BCUT2D eigenvalue weighted by Gasteiger charge is -1.98. The topological polar surface area (TPSA) is 41.7 Å². The minimum Gasteiger partial charge on any atom is -0.379 e. The Morgan fingerprint density at radius 1 is 1.70 bits per heavy atom. The van der Waals surface area contributed by atoms with Gasteiger partial charge in [-0.3, -0.25) is 0 Å². The summed E-state index contributed by atoms with van der Waals surface area (Å²) in [5, 5.41) is 0. The van der Waals surface area contributed by atoms with Gasteiger partial charge in [0.15, 0.2) is 0 Å². The van der Waals surface area contributed by atoms with E-state index in [1.165, 1.54) is 0 Å². The van der Waals surface area contributed by atoms with Gasteiger partial charge >= 0.3 is 0 Å². The largest absolute Gasteiger partial charge is 0.379 e. The maximum atomic E-state index is 10.1. The fourth-order valence-corrected chi connectivity index (χ4v) is 1.09. The second-order valence-electron chi connectivity index (χ2n) is 2.44. The lowest BCUT2D eigenvalue weighted by Crippen LogP contribution is -2.03. The van der Waals surface area contributed by atoms with Crippen LogP contribution in [0.15, 0.2) is 0 Å². The molecule has 1 fully saturated rings. The Kier molecular flexibility index (Phi) is 3.97. The number of epoxide rings is 1. The zero-order valence-electron chi connectivity index (χ0n) is 6.04. The molecule has 0 aromatic heterocycles. The first kappa shape index (κ1) is 8.20. The fraction of sp³-hybridized carbons (Fsp3) is 1.00. The molecule has 0 bridgehead atoms.